The highest BCUT2D eigenvalue weighted by Gasteiger charge is 2.23. The molecule has 0 unspecified atom stereocenters. The molecule has 1 amide bonds. The quantitative estimate of drug-likeness (QED) is 0.490. The summed E-state index contributed by atoms with van der Waals surface area (Å²) in [6, 6.07) is 16.9. The number of anilines is 1. The van der Waals surface area contributed by atoms with Crippen molar-refractivity contribution in [2.75, 3.05) is 38.2 Å². The summed E-state index contributed by atoms with van der Waals surface area (Å²) in [4.78, 5) is 38.1. The zero-order valence-electron chi connectivity index (χ0n) is 18.4. The zero-order valence-corrected chi connectivity index (χ0v) is 19.2. The Labute approximate surface area is 198 Å². The lowest BCUT2D eigenvalue weighted by Crippen LogP contribution is -2.49. The fourth-order valence-corrected chi connectivity index (χ4v) is 4.06. The fourth-order valence-electron chi connectivity index (χ4n) is 3.88. The minimum atomic E-state index is -0.157. The molecule has 0 atom stereocenters. The number of ether oxygens (including phenoxy) is 1. The van der Waals surface area contributed by atoms with Crippen molar-refractivity contribution in [2.45, 2.75) is 12.8 Å². The second-order valence-electron chi connectivity index (χ2n) is 7.76. The van der Waals surface area contributed by atoms with Gasteiger partial charge in [0.25, 0.3) is 0 Å². The van der Waals surface area contributed by atoms with Crippen LogP contribution in [0.4, 0.5) is 5.82 Å². The first-order valence-corrected chi connectivity index (χ1v) is 11.2. The lowest BCUT2D eigenvalue weighted by atomic mass is 10.0. The Kier molecular flexibility index (Phi) is 7.19. The maximum absolute atomic E-state index is 12.7. The van der Waals surface area contributed by atoms with Gasteiger partial charge in [-0.25, -0.2) is 9.97 Å². The van der Waals surface area contributed by atoms with Crippen molar-refractivity contribution in [3.63, 3.8) is 0 Å². The number of piperazine rings is 1. The first-order valence-electron chi connectivity index (χ1n) is 10.8. The van der Waals surface area contributed by atoms with Crippen molar-refractivity contribution in [1.82, 2.24) is 14.9 Å². The SMILES string of the molecule is COc1ccc(Cl)cc1C(=O)CCC(=O)N1CCN(c2cc(-c3ccccc3)ncn2)CC1. The highest BCUT2D eigenvalue weighted by molar-refractivity contribution is 6.31. The molecule has 2 aromatic carbocycles. The standard InChI is InChI=1S/C25H25ClN4O3/c1-33-23-9-7-19(26)15-20(23)22(31)8-10-25(32)30-13-11-29(12-14-30)24-16-21(27-17-28-24)18-5-3-2-4-6-18/h2-7,9,15-17H,8,10-14H2,1H3. The molecule has 7 nitrogen and oxygen atoms in total. The summed E-state index contributed by atoms with van der Waals surface area (Å²) in [5.41, 5.74) is 2.31. The van der Waals surface area contributed by atoms with Gasteiger partial charge in [-0.1, -0.05) is 41.9 Å². The number of halogens is 1. The van der Waals surface area contributed by atoms with Crippen molar-refractivity contribution >= 4 is 29.1 Å². The Balaban J connectivity index is 1.32. The average Bonchev–Trinajstić information content (AvgIpc) is 2.87. The Hall–Kier alpha value is -3.45. The van der Waals surface area contributed by atoms with Gasteiger partial charge in [-0.15, -0.1) is 0 Å². The van der Waals surface area contributed by atoms with E-state index in [4.69, 9.17) is 16.3 Å². The second-order valence-corrected chi connectivity index (χ2v) is 8.20. The molecule has 4 rings (SSSR count). The largest absolute Gasteiger partial charge is 0.496 e. The van der Waals surface area contributed by atoms with E-state index in [0.29, 0.717) is 42.5 Å². The third-order valence-corrected chi connectivity index (χ3v) is 5.94. The molecule has 1 fully saturated rings. The topological polar surface area (TPSA) is 75.6 Å². The monoisotopic (exact) mass is 464 g/mol. The predicted molar refractivity (Wildman–Crippen MR) is 128 cm³/mol. The molecule has 0 saturated carbocycles. The second kappa shape index (κ2) is 10.4. The van der Waals surface area contributed by atoms with Gasteiger partial charge >= 0.3 is 0 Å². The molecule has 0 bridgehead atoms. The van der Waals surface area contributed by atoms with E-state index in [1.807, 2.05) is 36.4 Å². The zero-order chi connectivity index (χ0) is 23.2. The Morgan fingerprint density at radius 2 is 1.73 bits per heavy atom. The smallest absolute Gasteiger partial charge is 0.223 e. The van der Waals surface area contributed by atoms with Crippen LogP contribution in [0.25, 0.3) is 11.3 Å². The van der Waals surface area contributed by atoms with Gasteiger partial charge in [-0.3, -0.25) is 9.59 Å². The van der Waals surface area contributed by atoms with Crippen LogP contribution in [0.3, 0.4) is 0 Å². The Morgan fingerprint density at radius 3 is 2.45 bits per heavy atom. The third-order valence-electron chi connectivity index (χ3n) is 5.71. The summed E-state index contributed by atoms with van der Waals surface area (Å²) in [6.45, 7) is 2.51. The van der Waals surface area contributed by atoms with Gasteiger partial charge < -0.3 is 14.5 Å². The molecule has 0 N–H and O–H groups in total. The molecule has 3 aromatic rings. The fraction of sp³-hybridized carbons (Fsp3) is 0.280. The number of hydrogen-bond donors (Lipinski definition) is 0. The van der Waals surface area contributed by atoms with E-state index in [9.17, 15) is 9.59 Å². The van der Waals surface area contributed by atoms with Crippen LogP contribution in [0, 0.1) is 0 Å². The van der Waals surface area contributed by atoms with Crippen LogP contribution in [-0.2, 0) is 4.79 Å². The maximum Gasteiger partial charge on any atom is 0.223 e. The minimum Gasteiger partial charge on any atom is -0.496 e. The van der Waals surface area contributed by atoms with Gasteiger partial charge in [0.2, 0.25) is 5.91 Å². The van der Waals surface area contributed by atoms with Crippen LogP contribution in [0.1, 0.15) is 23.2 Å². The first-order chi connectivity index (χ1) is 16.0. The molecule has 1 aliphatic rings. The van der Waals surface area contributed by atoms with Crippen LogP contribution in [0.5, 0.6) is 5.75 Å². The number of methoxy groups -OCH3 is 1. The van der Waals surface area contributed by atoms with Crippen LogP contribution in [0.15, 0.2) is 60.9 Å². The highest BCUT2D eigenvalue weighted by Crippen LogP contribution is 2.25. The number of Topliss-reactive ketones (excluding diaryl/α,β-unsaturated/α-hetero) is 1. The molecule has 0 radical (unpaired) electrons. The van der Waals surface area contributed by atoms with Crippen molar-refractivity contribution < 1.29 is 14.3 Å². The molecular weight excluding hydrogens is 440 g/mol. The first kappa shape index (κ1) is 22.7. The summed E-state index contributed by atoms with van der Waals surface area (Å²) in [6.07, 6.45) is 1.84. The number of amides is 1. The van der Waals surface area contributed by atoms with Crippen LogP contribution in [0.2, 0.25) is 5.02 Å². The normalized spacial score (nSPS) is 13.6. The summed E-state index contributed by atoms with van der Waals surface area (Å²) in [5, 5.41) is 0.460. The number of carbonyl (C=O) groups excluding carboxylic acids is 2. The number of nitrogens with zero attached hydrogens (tertiary/aromatic N) is 4. The van der Waals surface area contributed by atoms with E-state index in [1.165, 1.54) is 7.11 Å². The van der Waals surface area contributed by atoms with Crippen molar-refractivity contribution in [2.24, 2.45) is 0 Å². The summed E-state index contributed by atoms with van der Waals surface area (Å²) in [7, 11) is 1.51. The van der Waals surface area contributed by atoms with Gasteiger partial charge in [-0.2, -0.15) is 0 Å². The summed E-state index contributed by atoms with van der Waals surface area (Å²) >= 11 is 6.01. The average molecular weight is 465 g/mol. The van der Waals surface area contributed by atoms with Crippen LogP contribution >= 0.6 is 11.6 Å². The van der Waals surface area contributed by atoms with Gasteiger partial charge in [0, 0.05) is 55.7 Å². The molecular formula is C25H25ClN4O3. The third kappa shape index (κ3) is 5.49. The van der Waals surface area contributed by atoms with E-state index in [1.54, 1.807) is 29.4 Å². The maximum atomic E-state index is 12.7. The van der Waals surface area contributed by atoms with Crippen molar-refractivity contribution in [3.8, 4) is 17.0 Å². The van der Waals surface area contributed by atoms with Gasteiger partial charge in [-0.05, 0) is 18.2 Å². The van der Waals surface area contributed by atoms with Crippen molar-refractivity contribution in [1.29, 1.82) is 0 Å². The molecule has 170 valence electrons. The summed E-state index contributed by atoms with van der Waals surface area (Å²) in [5.74, 6) is 1.12. The van der Waals surface area contributed by atoms with Crippen molar-refractivity contribution in [3.05, 3.63) is 71.5 Å². The molecule has 1 saturated heterocycles. The molecule has 2 heterocycles. The molecule has 1 aromatic heterocycles. The van der Waals surface area contributed by atoms with Gasteiger partial charge in [0.1, 0.15) is 17.9 Å². The summed E-state index contributed by atoms with van der Waals surface area (Å²) < 4.78 is 5.24. The van der Waals surface area contributed by atoms with E-state index in [-0.39, 0.29) is 24.5 Å². The van der Waals surface area contributed by atoms with E-state index in [0.717, 1.165) is 17.1 Å². The number of carbonyl (C=O) groups is 2. The lowest BCUT2D eigenvalue weighted by Gasteiger charge is -2.35. The molecule has 1 aliphatic heterocycles. The molecule has 33 heavy (non-hydrogen) atoms. The number of hydrogen-bond acceptors (Lipinski definition) is 6. The van der Waals surface area contributed by atoms with E-state index in [2.05, 4.69) is 14.9 Å². The van der Waals surface area contributed by atoms with Crippen LogP contribution < -0.4 is 9.64 Å². The van der Waals surface area contributed by atoms with Gasteiger partial charge in [0.15, 0.2) is 5.78 Å². The van der Waals surface area contributed by atoms with Crippen LogP contribution in [-0.4, -0.2) is 59.8 Å². The number of benzene rings is 2. The molecule has 0 spiro atoms. The van der Waals surface area contributed by atoms with E-state index < -0.39 is 0 Å². The van der Waals surface area contributed by atoms with Gasteiger partial charge in [0.05, 0.1) is 18.4 Å². The van der Waals surface area contributed by atoms with E-state index >= 15 is 0 Å². The number of ketones is 1. The predicted octanol–water partition coefficient (Wildman–Crippen LogP) is 4.12. The Morgan fingerprint density at radius 1 is 0.970 bits per heavy atom. The molecule has 8 heteroatoms. The Bertz CT molecular complexity index is 1130. The highest BCUT2D eigenvalue weighted by atomic mass is 35.5. The minimum absolute atomic E-state index is 0.0309. The number of aromatic nitrogens is 2. The number of rotatable bonds is 7. The molecule has 0 aliphatic carbocycles. The lowest BCUT2D eigenvalue weighted by molar-refractivity contribution is -0.131.